The van der Waals surface area contributed by atoms with E-state index in [2.05, 4.69) is 16.8 Å². The number of aromatic nitrogens is 3. The Labute approximate surface area is 172 Å². The van der Waals surface area contributed by atoms with Crippen LogP contribution in [0.15, 0.2) is 71.2 Å². The standard InChI is InChI=1S/C19H17ClFN3O2S2/c1-2-11-24-18(13-28(25,26)14-7-4-3-5-8-14)22-23-19(24)27-12-15-16(20)9-6-10-17(15)21/h2-10H,1,11-13H2. The first-order chi connectivity index (χ1) is 13.4. The third-order valence-electron chi connectivity index (χ3n) is 3.93. The van der Waals surface area contributed by atoms with E-state index in [0.717, 1.165) is 0 Å². The Kier molecular flexibility index (Phi) is 6.53. The molecular weight excluding hydrogens is 421 g/mol. The minimum atomic E-state index is -3.57. The Balaban J connectivity index is 1.85. The number of thioether (sulfide) groups is 1. The van der Waals surface area contributed by atoms with Crippen LogP contribution in [0.1, 0.15) is 11.4 Å². The lowest BCUT2D eigenvalue weighted by atomic mass is 10.2. The van der Waals surface area contributed by atoms with E-state index >= 15 is 0 Å². The second kappa shape index (κ2) is 8.89. The Hall–Kier alpha value is -2.16. The van der Waals surface area contributed by atoms with Crippen molar-refractivity contribution in [1.29, 1.82) is 0 Å². The van der Waals surface area contributed by atoms with E-state index in [1.807, 2.05) is 0 Å². The van der Waals surface area contributed by atoms with Crippen LogP contribution in [0.2, 0.25) is 5.02 Å². The number of hydrogen-bond donors (Lipinski definition) is 0. The summed E-state index contributed by atoms with van der Waals surface area (Å²) in [6, 6.07) is 12.7. The van der Waals surface area contributed by atoms with Gasteiger partial charge >= 0.3 is 0 Å². The highest BCUT2D eigenvalue weighted by molar-refractivity contribution is 7.98. The molecule has 0 aliphatic heterocycles. The summed E-state index contributed by atoms with van der Waals surface area (Å²) in [5.74, 6) is -0.155. The van der Waals surface area contributed by atoms with Gasteiger partial charge in [-0.1, -0.05) is 53.7 Å². The summed E-state index contributed by atoms with van der Waals surface area (Å²) in [7, 11) is -3.57. The number of allylic oxidation sites excluding steroid dienone is 1. The van der Waals surface area contributed by atoms with Gasteiger partial charge in [-0.2, -0.15) is 0 Å². The van der Waals surface area contributed by atoms with E-state index in [1.54, 1.807) is 53.1 Å². The number of nitrogens with zero attached hydrogens (tertiary/aromatic N) is 3. The lowest BCUT2D eigenvalue weighted by Gasteiger charge is -2.09. The third-order valence-corrected chi connectivity index (χ3v) is 6.91. The van der Waals surface area contributed by atoms with Crippen LogP contribution in [0.4, 0.5) is 4.39 Å². The van der Waals surface area contributed by atoms with Gasteiger partial charge in [-0.05, 0) is 24.3 Å². The molecule has 0 unspecified atom stereocenters. The van der Waals surface area contributed by atoms with Crippen LogP contribution in [-0.4, -0.2) is 23.2 Å². The van der Waals surface area contributed by atoms with Crippen molar-refractivity contribution in [1.82, 2.24) is 14.8 Å². The summed E-state index contributed by atoms with van der Waals surface area (Å²) in [6.07, 6.45) is 1.63. The van der Waals surface area contributed by atoms with Gasteiger partial charge < -0.3 is 4.57 Å². The molecule has 5 nitrogen and oxygen atoms in total. The van der Waals surface area contributed by atoms with E-state index < -0.39 is 15.7 Å². The summed E-state index contributed by atoms with van der Waals surface area (Å²) >= 11 is 7.30. The van der Waals surface area contributed by atoms with E-state index in [4.69, 9.17) is 11.6 Å². The van der Waals surface area contributed by atoms with Gasteiger partial charge in [0.15, 0.2) is 15.0 Å². The first kappa shape index (κ1) is 20.6. The van der Waals surface area contributed by atoms with Crippen LogP contribution in [0, 0.1) is 5.82 Å². The van der Waals surface area contributed by atoms with E-state index in [1.165, 1.54) is 17.8 Å². The van der Waals surface area contributed by atoms with E-state index in [0.29, 0.717) is 28.1 Å². The van der Waals surface area contributed by atoms with Crippen molar-refractivity contribution in [2.75, 3.05) is 0 Å². The van der Waals surface area contributed by atoms with Gasteiger partial charge in [0.25, 0.3) is 0 Å². The molecule has 2 aromatic carbocycles. The summed E-state index contributed by atoms with van der Waals surface area (Å²) in [5, 5.41) is 8.92. The van der Waals surface area contributed by atoms with Gasteiger partial charge in [-0.15, -0.1) is 16.8 Å². The largest absolute Gasteiger partial charge is 0.301 e. The van der Waals surface area contributed by atoms with Gasteiger partial charge in [0, 0.05) is 22.9 Å². The highest BCUT2D eigenvalue weighted by Crippen LogP contribution is 2.28. The first-order valence-corrected chi connectivity index (χ1v) is 11.3. The average molecular weight is 438 g/mol. The van der Waals surface area contributed by atoms with Gasteiger partial charge in [0.05, 0.1) is 4.90 Å². The van der Waals surface area contributed by atoms with Crippen molar-refractivity contribution >= 4 is 33.2 Å². The Bertz CT molecular complexity index is 1070. The van der Waals surface area contributed by atoms with Gasteiger partial charge in [-0.25, -0.2) is 12.8 Å². The molecule has 0 saturated heterocycles. The molecule has 0 fully saturated rings. The highest BCUT2D eigenvalue weighted by atomic mass is 35.5. The zero-order chi connectivity index (χ0) is 20.1. The van der Waals surface area contributed by atoms with E-state index in [9.17, 15) is 12.8 Å². The quantitative estimate of drug-likeness (QED) is 0.383. The predicted octanol–water partition coefficient (Wildman–Crippen LogP) is 4.52. The molecule has 146 valence electrons. The summed E-state index contributed by atoms with van der Waals surface area (Å²) in [4.78, 5) is 0.218. The molecule has 0 saturated carbocycles. The number of benzene rings is 2. The van der Waals surface area contributed by atoms with E-state index in [-0.39, 0.29) is 16.4 Å². The Morgan fingerprint density at radius 1 is 1.14 bits per heavy atom. The maximum absolute atomic E-state index is 14.0. The van der Waals surface area contributed by atoms with Crippen LogP contribution in [0.3, 0.4) is 0 Å². The monoisotopic (exact) mass is 437 g/mol. The van der Waals surface area contributed by atoms with Crippen molar-refractivity contribution in [2.24, 2.45) is 0 Å². The smallest absolute Gasteiger partial charge is 0.191 e. The first-order valence-electron chi connectivity index (χ1n) is 8.29. The molecule has 0 N–H and O–H groups in total. The molecule has 3 aromatic rings. The minimum Gasteiger partial charge on any atom is -0.301 e. The van der Waals surface area contributed by atoms with Crippen LogP contribution >= 0.6 is 23.4 Å². The summed E-state index contributed by atoms with van der Waals surface area (Å²) in [5.41, 5.74) is 0.362. The van der Waals surface area contributed by atoms with Crippen molar-refractivity contribution in [2.45, 2.75) is 28.1 Å². The van der Waals surface area contributed by atoms with Gasteiger partial charge in [0.2, 0.25) is 0 Å². The zero-order valence-corrected chi connectivity index (χ0v) is 17.1. The maximum atomic E-state index is 14.0. The molecule has 0 atom stereocenters. The normalized spacial score (nSPS) is 11.5. The predicted molar refractivity (Wildman–Crippen MR) is 109 cm³/mol. The fourth-order valence-corrected chi connectivity index (χ4v) is 5.14. The van der Waals surface area contributed by atoms with Crippen molar-refractivity contribution in [3.05, 3.63) is 83.4 Å². The Morgan fingerprint density at radius 2 is 1.89 bits per heavy atom. The lowest BCUT2D eigenvalue weighted by molar-refractivity contribution is 0.590. The van der Waals surface area contributed by atoms with Gasteiger partial charge in [-0.3, -0.25) is 0 Å². The molecule has 0 radical (unpaired) electrons. The second-order valence-electron chi connectivity index (χ2n) is 5.86. The van der Waals surface area contributed by atoms with Crippen LogP contribution < -0.4 is 0 Å². The van der Waals surface area contributed by atoms with Crippen LogP contribution in [0.5, 0.6) is 0 Å². The van der Waals surface area contributed by atoms with Crippen LogP contribution in [0.25, 0.3) is 0 Å². The molecule has 0 bridgehead atoms. The number of halogens is 2. The molecular formula is C19H17ClFN3O2S2. The molecule has 1 heterocycles. The number of sulfone groups is 1. The fraction of sp³-hybridized carbons (Fsp3) is 0.158. The molecule has 0 aliphatic carbocycles. The molecule has 0 aliphatic rings. The number of rotatable bonds is 8. The summed E-state index contributed by atoms with van der Waals surface area (Å²) < 4.78 is 41.0. The second-order valence-corrected chi connectivity index (χ2v) is 9.20. The van der Waals surface area contributed by atoms with Gasteiger partial charge in [0.1, 0.15) is 17.4 Å². The van der Waals surface area contributed by atoms with Crippen LogP contribution in [-0.2, 0) is 27.9 Å². The molecule has 3 rings (SSSR count). The lowest BCUT2D eigenvalue weighted by Crippen LogP contribution is -2.11. The summed E-state index contributed by atoms with van der Waals surface area (Å²) in [6.45, 7) is 4.04. The molecule has 28 heavy (non-hydrogen) atoms. The molecule has 9 heteroatoms. The fourth-order valence-electron chi connectivity index (χ4n) is 2.53. The Morgan fingerprint density at radius 3 is 2.57 bits per heavy atom. The molecule has 0 amide bonds. The average Bonchev–Trinajstić information content (AvgIpc) is 3.03. The van der Waals surface area contributed by atoms with Crippen molar-refractivity contribution in [3.8, 4) is 0 Å². The topological polar surface area (TPSA) is 64.8 Å². The SMILES string of the molecule is C=CCn1c(CS(=O)(=O)c2ccccc2)nnc1SCc1c(F)cccc1Cl. The third kappa shape index (κ3) is 4.63. The van der Waals surface area contributed by atoms with Crippen molar-refractivity contribution in [3.63, 3.8) is 0 Å². The molecule has 1 aromatic heterocycles. The zero-order valence-electron chi connectivity index (χ0n) is 14.8. The highest BCUT2D eigenvalue weighted by Gasteiger charge is 2.21. The minimum absolute atomic E-state index is 0.218. The maximum Gasteiger partial charge on any atom is 0.191 e. The number of hydrogen-bond acceptors (Lipinski definition) is 5. The molecule has 0 spiro atoms. The van der Waals surface area contributed by atoms with Crippen molar-refractivity contribution < 1.29 is 12.8 Å².